The summed E-state index contributed by atoms with van der Waals surface area (Å²) in [5, 5.41) is 21.6. The van der Waals surface area contributed by atoms with Crippen molar-refractivity contribution in [2.24, 2.45) is 0 Å². The molecule has 12 heteroatoms. The summed E-state index contributed by atoms with van der Waals surface area (Å²) in [7, 11) is -8.02. The Hall–Kier alpha value is -7.32. The predicted octanol–water partition coefficient (Wildman–Crippen LogP) is 12.6. The molecule has 354 valence electrons. The van der Waals surface area contributed by atoms with Crippen LogP contribution in [0.5, 0.6) is 46.0 Å². The SMILES string of the molecule is O=S(=O)(c1ccc(Oc2ccc(Oc3ccc(S(=O)(=O)c4ccccc4Oc4cccc(C#CC5(O)CCCCC5)c4)cc3)cc2)cc1)c1ccccc1Oc1cccc(C#CC2(O)CCCCC2)c1. The fraction of sp³-hybridized carbons (Fsp3) is 0.207. The van der Waals surface area contributed by atoms with Crippen LogP contribution < -0.4 is 18.9 Å². The summed E-state index contributed by atoms with van der Waals surface area (Å²) in [4.78, 5) is 0.0941. The largest absolute Gasteiger partial charge is 0.457 e. The molecule has 0 spiro atoms. The third kappa shape index (κ3) is 11.6. The van der Waals surface area contributed by atoms with Gasteiger partial charge in [-0.05, 0) is 185 Å². The Morgan fingerprint density at radius 3 is 1.09 bits per heavy atom. The first kappa shape index (κ1) is 47.7. The van der Waals surface area contributed by atoms with Crippen LogP contribution in [0.25, 0.3) is 0 Å². The predicted molar refractivity (Wildman–Crippen MR) is 266 cm³/mol. The first-order valence-corrected chi connectivity index (χ1v) is 26.2. The summed E-state index contributed by atoms with van der Waals surface area (Å²) in [5.74, 6) is 15.1. The van der Waals surface area contributed by atoms with E-state index in [4.69, 9.17) is 18.9 Å². The standard InChI is InChI=1S/C58H50O10S2/c59-57(35-7-1-8-36-57)39-33-43-13-11-15-49(41-43)67-53-17-3-5-19-55(53)69(61,62)51-29-25-47(26-30-51)65-45-21-23-46(24-22-45)66-48-27-31-52(32-28-48)70(63,64)56-20-6-4-18-54(56)68-50-16-12-14-44(42-50)34-40-58(60)37-9-2-10-38-58/h3-6,11-32,41-42,59-60H,1-2,7-10,35-38H2. The number of sulfone groups is 2. The van der Waals surface area contributed by atoms with Gasteiger partial charge in [-0.25, -0.2) is 16.8 Å². The summed E-state index contributed by atoms with van der Waals surface area (Å²) >= 11 is 0. The van der Waals surface area contributed by atoms with E-state index in [2.05, 4.69) is 23.7 Å². The molecule has 0 radical (unpaired) electrons. The lowest BCUT2D eigenvalue weighted by Crippen LogP contribution is -2.29. The number of para-hydroxylation sites is 2. The second-order valence-corrected chi connectivity index (χ2v) is 21.3. The Kier molecular flexibility index (Phi) is 14.1. The molecule has 2 saturated carbocycles. The lowest BCUT2D eigenvalue weighted by molar-refractivity contribution is 0.0606. The molecule has 0 saturated heterocycles. The van der Waals surface area contributed by atoms with Gasteiger partial charge < -0.3 is 29.2 Å². The van der Waals surface area contributed by atoms with Gasteiger partial charge in [0, 0.05) is 11.1 Å². The number of benzene rings is 7. The van der Waals surface area contributed by atoms with Crippen molar-refractivity contribution in [3.63, 3.8) is 0 Å². The van der Waals surface area contributed by atoms with Gasteiger partial charge in [-0.3, -0.25) is 0 Å². The highest BCUT2D eigenvalue weighted by atomic mass is 32.2. The molecule has 2 fully saturated rings. The van der Waals surface area contributed by atoms with Crippen LogP contribution in [0.15, 0.2) is 189 Å². The molecule has 0 aliphatic heterocycles. The van der Waals surface area contributed by atoms with Crippen molar-refractivity contribution in [2.75, 3.05) is 0 Å². The maximum absolute atomic E-state index is 13.9. The highest BCUT2D eigenvalue weighted by Crippen LogP contribution is 2.37. The van der Waals surface area contributed by atoms with Gasteiger partial charge in [-0.1, -0.05) is 72.9 Å². The van der Waals surface area contributed by atoms with E-state index in [0.717, 1.165) is 38.5 Å². The van der Waals surface area contributed by atoms with Gasteiger partial charge in [0.25, 0.3) is 0 Å². The molecular formula is C58H50O10S2. The summed E-state index contributed by atoms with van der Waals surface area (Å²) in [6, 6.07) is 46.0. The normalized spacial score (nSPS) is 15.2. The van der Waals surface area contributed by atoms with E-state index < -0.39 is 30.9 Å². The molecule has 9 rings (SSSR count). The molecular weight excluding hydrogens is 921 g/mol. The fourth-order valence-electron chi connectivity index (χ4n) is 8.42. The van der Waals surface area contributed by atoms with E-state index >= 15 is 0 Å². The van der Waals surface area contributed by atoms with Crippen molar-refractivity contribution in [1.82, 2.24) is 0 Å². The van der Waals surface area contributed by atoms with Crippen LogP contribution in [0, 0.1) is 23.7 Å². The molecule has 0 amide bonds. The highest BCUT2D eigenvalue weighted by Gasteiger charge is 2.28. The average Bonchev–Trinajstić information content (AvgIpc) is 3.37. The third-order valence-electron chi connectivity index (χ3n) is 12.2. The summed E-state index contributed by atoms with van der Waals surface area (Å²) < 4.78 is 80.0. The topological polar surface area (TPSA) is 146 Å². The van der Waals surface area contributed by atoms with Gasteiger partial charge in [0.2, 0.25) is 19.7 Å². The summed E-state index contributed by atoms with van der Waals surface area (Å²) in [6.45, 7) is 0. The minimum absolute atomic E-state index is 0.00427. The van der Waals surface area contributed by atoms with Gasteiger partial charge in [0.05, 0.1) is 9.79 Å². The number of aliphatic hydroxyl groups is 2. The van der Waals surface area contributed by atoms with Gasteiger partial charge in [-0.15, -0.1) is 0 Å². The summed E-state index contributed by atoms with van der Waals surface area (Å²) in [5.41, 5.74) is -0.687. The van der Waals surface area contributed by atoms with Crippen LogP contribution in [0.3, 0.4) is 0 Å². The zero-order chi connectivity index (χ0) is 48.6. The lowest BCUT2D eigenvalue weighted by atomic mass is 9.85. The van der Waals surface area contributed by atoms with E-state index in [0.29, 0.717) is 71.3 Å². The molecule has 0 atom stereocenters. The molecule has 0 heterocycles. The smallest absolute Gasteiger partial charge is 0.210 e. The molecule has 7 aromatic rings. The van der Waals surface area contributed by atoms with Crippen LogP contribution in [-0.2, 0) is 19.7 Å². The molecule has 0 aromatic heterocycles. The molecule has 0 unspecified atom stereocenters. The Labute approximate surface area is 409 Å². The van der Waals surface area contributed by atoms with Crippen LogP contribution in [0.4, 0.5) is 0 Å². The zero-order valence-electron chi connectivity index (χ0n) is 38.2. The number of ether oxygens (including phenoxy) is 4. The monoisotopic (exact) mass is 970 g/mol. The quantitative estimate of drug-likeness (QED) is 0.113. The average molecular weight is 971 g/mol. The Morgan fingerprint density at radius 2 is 0.714 bits per heavy atom. The minimum atomic E-state index is -4.01. The van der Waals surface area contributed by atoms with Crippen molar-refractivity contribution >= 4 is 19.7 Å². The van der Waals surface area contributed by atoms with Crippen molar-refractivity contribution in [3.8, 4) is 69.7 Å². The van der Waals surface area contributed by atoms with Crippen molar-refractivity contribution < 1.29 is 46.0 Å². The first-order chi connectivity index (χ1) is 33.8. The molecule has 2 N–H and O–H groups in total. The van der Waals surface area contributed by atoms with E-state index in [1.54, 1.807) is 121 Å². The van der Waals surface area contributed by atoms with Crippen LogP contribution in [0.2, 0.25) is 0 Å². The fourth-order valence-corrected chi connectivity index (χ4v) is 11.2. The maximum atomic E-state index is 13.9. The molecule has 70 heavy (non-hydrogen) atoms. The number of hydrogen-bond acceptors (Lipinski definition) is 10. The Bertz CT molecular complexity index is 3110. The molecule has 7 aromatic carbocycles. The molecule has 0 bridgehead atoms. The van der Waals surface area contributed by atoms with Crippen molar-refractivity contribution in [3.05, 3.63) is 181 Å². The van der Waals surface area contributed by atoms with Gasteiger partial charge >= 0.3 is 0 Å². The van der Waals surface area contributed by atoms with E-state index in [1.807, 2.05) is 12.1 Å². The maximum Gasteiger partial charge on any atom is 0.210 e. The molecule has 2 aliphatic rings. The van der Waals surface area contributed by atoms with Crippen LogP contribution >= 0.6 is 0 Å². The van der Waals surface area contributed by atoms with E-state index in [9.17, 15) is 27.0 Å². The van der Waals surface area contributed by atoms with Crippen LogP contribution in [-0.4, -0.2) is 38.3 Å². The van der Waals surface area contributed by atoms with Crippen LogP contribution in [0.1, 0.15) is 75.3 Å². The second-order valence-electron chi connectivity index (χ2n) is 17.5. The third-order valence-corrected chi connectivity index (χ3v) is 15.8. The van der Waals surface area contributed by atoms with Crippen molar-refractivity contribution in [2.45, 2.75) is 95.0 Å². The molecule has 2 aliphatic carbocycles. The van der Waals surface area contributed by atoms with Gasteiger partial charge in [-0.2, -0.15) is 0 Å². The Balaban J connectivity index is 0.814. The second kappa shape index (κ2) is 20.7. The lowest BCUT2D eigenvalue weighted by Gasteiger charge is -2.26. The summed E-state index contributed by atoms with van der Waals surface area (Å²) in [6.07, 6.45) is 8.55. The minimum Gasteiger partial charge on any atom is -0.457 e. The van der Waals surface area contributed by atoms with E-state index in [-0.39, 0.29) is 31.1 Å². The highest BCUT2D eigenvalue weighted by molar-refractivity contribution is 7.92. The van der Waals surface area contributed by atoms with Gasteiger partial charge in [0.15, 0.2) is 0 Å². The molecule has 10 nitrogen and oxygen atoms in total. The van der Waals surface area contributed by atoms with Gasteiger partial charge in [0.1, 0.15) is 67.0 Å². The first-order valence-electron chi connectivity index (χ1n) is 23.2. The number of hydrogen-bond donors (Lipinski definition) is 2. The zero-order valence-corrected chi connectivity index (χ0v) is 39.8. The Morgan fingerprint density at radius 1 is 0.371 bits per heavy atom. The van der Waals surface area contributed by atoms with E-state index in [1.165, 1.54) is 36.4 Å². The number of rotatable bonds is 12. The van der Waals surface area contributed by atoms with Crippen molar-refractivity contribution in [1.29, 1.82) is 0 Å².